The molecule has 0 spiro atoms. The zero-order valence-corrected chi connectivity index (χ0v) is 21.4. The summed E-state index contributed by atoms with van der Waals surface area (Å²) < 4.78 is 31.3. The van der Waals surface area contributed by atoms with Gasteiger partial charge in [0.15, 0.2) is 0 Å². The molecule has 0 saturated heterocycles. The first-order valence-corrected chi connectivity index (χ1v) is 11.9. The van der Waals surface area contributed by atoms with Gasteiger partial charge in [0.1, 0.15) is 18.0 Å². The minimum atomic E-state index is -2.64. The molecule has 0 fully saturated rings. The van der Waals surface area contributed by atoms with Gasteiger partial charge in [-0.2, -0.15) is 0 Å². The first-order chi connectivity index (χ1) is 16.2. The molecule has 1 aromatic rings. The average molecular weight is 489 g/mol. The minimum Gasteiger partial charge on any atom is -0.480 e. The van der Waals surface area contributed by atoms with Gasteiger partial charge in [0, 0.05) is 39.9 Å². The van der Waals surface area contributed by atoms with Gasteiger partial charge in [0.05, 0.1) is 0 Å². The number of methoxy groups -OCH3 is 1. The molecular formula is C24H42F2N4O4. The van der Waals surface area contributed by atoms with Gasteiger partial charge in [-0.05, 0) is 50.3 Å². The van der Waals surface area contributed by atoms with Crippen LogP contribution in [0.2, 0.25) is 0 Å². The van der Waals surface area contributed by atoms with Gasteiger partial charge in [0.2, 0.25) is 5.91 Å². The summed E-state index contributed by atoms with van der Waals surface area (Å²) in [5, 5.41) is 14.8. The fraction of sp³-hybridized carbons (Fsp3) is 0.708. The Labute approximate surface area is 202 Å². The van der Waals surface area contributed by atoms with E-state index in [9.17, 15) is 23.5 Å². The van der Waals surface area contributed by atoms with E-state index in [1.807, 2.05) is 27.0 Å². The SMILES string of the molecule is CC.CCc1ccc(CCCCN(CCC(NC(C)=O)C(=O)O)CC(OC)C(F)F)nc1NC. The van der Waals surface area contributed by atoms with Crippen molar-refractivity contribution in [2.75, 3.05) is 39.1 Å². The van der Waals surface area contributed by atoms with Crippen molar-refractivity contribution in [3.8, 4) is 0 Å². The molecule has 0 aliphatic heterocycles. The summed E-state index contributed by atoms with van der Waals surface area (Å²) in [5.74, 6) is -0.739. The number of nitrogens with one attached hydrogen (secondary N) is 2. The number of pyridine rings is 1. The van der Waals surface area contributed by atoms with Crippen LogP contribution in [0.4, 0.5) is 14.6 Å². The molecule has 1 heterocycles. The van der Waals surface area contributed by atoms with Gasteiger partial charge in [-0.1, -0.05) is 26.8 Å². The second-order valence-electron chi connectivity index (χ2n) is 7.66. The highest BCUT2D eigenvalue weighted by Gasteiger charge is 2.25. The zero-order valence-electron chi connectivity index (χ0n) is 21.4. The highest BCUT2D eigenvalue weighted by atomic mass is 19.3. The number of nitrogens with zero attached hydrogens (tertiary/aromatic N) is 2. The molecular weight excluding hydrogens is 446 g/mol. The van der Waals surface area contributed by atoms with Gasteiger partial charge in [-0.3, -0.25) is 4.79 Å². The smallest absolute Gasteiger partial charge is 0.326 e. The van der Waals surface area contributed by atoms with Gasteiger partial charge in [-0.25, -0.2) is 18.6 Å². The molecule has 3 N–H and O–H groups in total. The standard InChI is InChI=1S/C22H36F2N4O4.C2H6/c1-5-16-9-10-17(27-21(16)25-3)8-6-7-12-28(14-19(32-4)20(23)24)13-11-18(22(30)31)26-15(2)29;1-2/h9-10,18-20H,5-8,11-14H2,1-4H3,(H,25,27)(H,26,29)(H,30,31);1-2H3. The Morgan fingerprint density at radius 1 is 1.21 bits per heavy atom. The van der Waals surface area contributed by atoms with Gasteiger partial charge < -0.3 is 25.4 Å². The van der Waals surface area contributed by atoms with Crippen LogP contribution in [0.15, 0.2) is 12.1 Å². The van der Waals surface area contributed by atoms with E-state index in [4.69, 9.17) is 4.74 Å². The van der Waals surface area contributed by atoms with Crippen LogP contribution in [0.5, 0.6) is 0 Å². The Kier molecular flexibility index (Phi) is 16.8. The maximum atomic E-state index is 13.2. The third kappa shape index (κ3) is 12.2. The molecule has 0 bridgehead atoms. The first-order valence-electron chi connectivity index (χ1n) is 11.9. The summed E-state index contributed by atoms with van der Waals surface area (Å²) in [6, 6.07) is 2.99. The molecule has 0 radical (unpaired) electrons. The maximum Gasteiger partial charge on any atom is 0.326 e. The third-order valence-electron chi connectivity index (χ3n) is 5.24. The second kappa shape index (κ2) is 18.1. The summed E-state index contributed by atoms with van der Waals surface area (Å²) >= 11 is 0. The van der Waals surface area contributed by atoms with Crippen molar-refractivity contribution in [1.82, 2.24) is 15.2 Å². The zero-order chi connectivity index (χ0) is 26.1. The largest absolute Gasteiger partial charge is 0.480 e. The van der Waals surface area contributed by atoms with Crippen LogP contribution in [0, 0.1) is 0 Å². The van der Waals surface area contributed by atoms with E-state index in [0.717, 1.165) is 42.8 Å². The number of aromatic nitrogens is 1. The molecule has 1 amide bonds. The number of carboxylic acid groups (broad SMARTS) is 1. The molecule has 1 rings (SSSR count). The molecule has 0 aromatic carbocycles. The Hall–Kier alpha value is -2.33. The molecule has 8 nitrogen and oxygen atoms in total. The van der Waals surface area contributed by atoms with E-state index in [2.05, 4.69) is 28.6 Å². The molecule has 34 heavy (non-hydrogen) atoms. The van der Waals surface area contributed by atoms with Gasteiger partial charge in [0.25, 0.3) is 6.43 Å². The van der Waals surface area contributed by atoms with Crippen molar-refractivity contribution in [3.63, 3.8) is 0 Å². The Morgan fingerprint density at radius 2 is 1.88 bits per heavy atom. The van der Waals surface area contributed by atoms with E-state index in [1.54, 1.807) is 4.90 Å². The summed E-state index contributed by atoms with van der Waals surface area (Å²) in [7, 11) is 3.07. The lowest BCUT2D eigenvalue weighted by atomic mass is 10.1. The monoisotopic (exact) mass is 488 g/mol. The lowest BCUT2D eigenvalue weighted by Crippen LogP contribution is -2.44. The number of carbonyl (C=O) groups is 2. The number of ether oxygens (including phenoxy) is 1. The van der Waals surface area contributed by atoms with Crippen molar-refractivity contribution < 1.29 is 28.2 Å². The summed E-state index contributed by atoms with van der Waals surface area (Å²) in [4.78, 5) is 29.0. The maximum absolute atomic E-state index is 13.2. The highest BCUT2D eigenvalue weighted by molar-refractivity contribution is 5.82. The van der Waals surface area contributed by atoms with E-state index in [0.29, 0.717) is 6.54 Å². The summed E-state index contributed by atoms with van der Waals surface area (Å²) in [6.07, 6.45) is -0.630. The number of aliphatic carboxylic acids is 1. The van der Waals surface area contributed by atoms with Gasteiger partial charge >= 0.3 is 5.97 Å². The van der Waals surface area contributed by atoms with E-state index >= 15 is 0 Å². The summed E-state index contributed by atoms with van der Waals surface area (Å²) in [5.41, 5.74) is 2.10. The minimum absolute atomic E-state index is 0.0199. The Balaban J connectivity index is 0.00000529. The Morgan fingerprint density at radius 3 is 2.38 bits per heavy atom. The highest BCUT2D eigenvalue weighted by Crippen LogP contribution is 2.15. The number of amides is 1. The molecule has 10 heteroatoms. The topological polar surface area (TPSA) is 104 Å². The molecule has 2 atom stereocenters. The van der Waals surface area contributed by atoms with Crippen molar-refractivity contribution in [2.45, 2.75) is 78.4 Å². The first kappa shape index (κ1) is 31.7. The number of unbranched alkanes of at least 4 members (excludes halogenated alkanes) is 1. The number of hydrogen-bond acceptors (Lipinski definition) is 6. The number of alkyl halides is 2. The number of rotatable bonds is 16. The van der Waals surface area contributed by atoms with Crippen molar-refractivity contribution >= 4 is 17.7 Å². The van der Waals surface area contributed by atoms with E-state index in [-0.39, 0.29) is 19.5 Å². The van der Waals surface area contributed by atoms with E-state index in [1.165, 1.54) is 14.0 Å². The fourth-order valence-electron chi connectivity index (χ4n) is 3.43. The molecule has 0 aliphatic carbocycles. The lowest BCUT2D eigenvalue weighted by Gasteiger charge is -2.27. The molecule has 2 unspecified atom stereocenters. The normalized spacial score (nSPS) is 12.6. The number of carbonyl (C=O) groups excluding carboxylic acids is 1. The third-order valence-corrected chi connectivity index (χ3v) is 5.24. The van der Waals surface area contributed by atoms with Crippen LogP contribution >= 0.6 is 0 Å². The Bertz CT molecular complexity index is 722. The quantitative estimate of drug-likeness (QED) is 0.306. The van der Waals surface area contributed by atoms with Crippen LogP contribution in [-0.2, 0) is 27.2 Å². The lowest BCUT2D eigenvalue weighted by molar-refractivity contribution is -0.141. The number of carboxylic acids is 1. The molecule has 1 aromatic heterocycles. The van der Waals surface area contributed by atoms with Crippen LogP contribution < -0.4 is 10.6 Å². The predicted octanol–water partition coefficient (Wildman–Crippen LogP) is 3.60. The van der Waals surface area contributed by atoms with Crippen molar-refractivity contribution in [3.05, 3.63) is 23.4 Å². The van der Waals surface area contributed by atoms with Crippen LogP contribution in [0.25, 0.3) is 0 Å². The van der Waals surface area contributed by atoms with Crippen LogP contribution in [0.3, 0.4) is 0 Å². The number of hydrogen-bond donors (Lipinski definition) is 3. The van der Waals surface area contributed by atoms with Crippen LogP contribution in [0.1, 0.15) is 58.2 Å². The molecule has 0 saturated carbocycles. The number of anilines is 1. The van der Waals surface area contributed by atoms with Crippen molar-refractivity contribution in [1.29, 1.82) is 0 Å². The fourth-order valence-corrected chi connectivity index (χ4v) is 3.43. The molecule has 196 valence electrons. The molecule has 0 aliphatic rings. The average Bonchev–Trinajstić information content (AvgIpc) is 2.82. The summed E-state index contributed by atoms with van der Waals surface area (Å²) in [6.45, 7) is 8.04. The van der Waals surface area contributed by atoms with Crippen LogP contribution in [-0.4, -0.2) is 79.2 Å². The van der Waals surface area contributed by atoms with Crippen molar-refractivity contribution in [2.24, 2.45) is 0 Å². The predicted molar refractivity (Wildman–Crippen MR) is 131 cm³/mol. The van der Waals surface area contributed by atoms with E-state index < -0.39 is 30.4 Å². The number of halogens is 2. The second-order valence-corrected chi connectivity index (χ2v) is 7.66. The van der Waals surface area contributed by atoms with Gasteiger partial charge in [-0.15, -0.1) is 0 Å². The number of aryl methyl sites for hydroxylation is 2.